The van der Waals surface area contributed by atoms with Crippen LogP contribution in [0.5, 0.6) is 0 Å². The highest BCUT2D eigenvalue weighted by atomic mass is 32.1. The van der Waals surface area contributed by atoms with Crippen molar-refractivity contribution in [2.45, 2.75) is 10.3 Å². The van der Waals surface area contributed by atoms with Crippen LogP contribution >= 0.6 is 25.3 Å². The molecule has 2 aromatic rings. The van der Waals surface area contributed by atoms with Gasteiger partial charge in [-0.05, 0) is 6.07 Å². The number of benzene rings is 1. The van der Waals surface area contributed by atoms with Crippen LogP contribution in [-0.2, 0) is 0 Å². The minimum absolute atomic E-state index is 0.0124. The lowest BCUT2D eigenvalue weighted by Gasteiger charge is -2.06. The van der Waals surface area contributed by atoms with Gasteiger partial charge < -0.3 is 10.1 Å². The van der Waals surface area contributed by atoms with Crippen LogP contribution in [0, 0.1) is 0 Å². The van der Waals surface area contributed by atoms with Crippen molar-refractivity contribution >= 4 is 36.2 Å². The fraction of sp³-hybridized carbons (Fsp3) is 0.200. The maximum Gasteiger partial charge on any atom is 0.0746 e. The summed E-state index contributed by atoms with van der Waals surface area (Å²) in [5.41, 5.74) is 2.00. The molecule has 0 saturated heterocycles. The van der Waals surface area contributed by atoms with Gasteiger partial charge in [0.1, 0.15) is 0 Å². The van der Waals surface area contributed by atoms with Crippen LogP contribution < -0.4 is 0 Å². The van der Waals surface area contributed by atoms with Gasteiger partial charge in [-0.3, -0.25) is 0 Å². The molecule has 2 nitrogen and oxygen atoms in total. The average molecular weight is 225 g/mol. The van der Waals surface area contributed by atoms with Crippen LogP contribution in [0.2, 0.25) is 0 Å². The molecular formula is C10H11NOS2. The summed E-state index contributed by atoms with van der Waals surface area (Å²) in [6.07, 6.45) is 0. The number of aliphatic hydroxyl groups is 1. The molecule has 0 aliphatic carbocycles. The summed E-state index contributed by atoms with van der Waals surface area (Å²) in [4.78, 5) is 3.15. The van der Waals surface area contributed by atoms with E-state index >= 15 is 0 Å². The Hall–Kier alpha value is -0.580. The Labute approximate surface area is 93.2 Å². The molecule has 74 valence electrons. The van der Waals surface area contributed by atoms with E-state index in [1.807, 2.05) is 24.3 Å². The summed E-state index contributed by atoms with van der Waals surface area (Å²) in [5, 5.41) is 10.7. The second-order valence-electron chi connectivity index (χ2n) is 3.13. The minimum atomic E-state index is -0.182. The SMILES string of the molecule is OCC(S)c1c(S)[nH]c2ccccc12. The number of hydrogen-bond donors (Lipinski definition) is 4. The molecule has 14 heavy (non-hydrogen) atoms. The monoisotopic (exact) mass is 225 g/mol. The Bertz CT molecular complexity index is 452. The summed E-state index contributed by atoms with van der Waals surface area (Å²) in [7, 11) is 0. The Morgan fingerprint density at radius 1 is 1.36 bits per heavy atom. The van der Waals surface area contributed by atoms with Crippen molar-refractivity contribution in [3.63, 3.8) is 0 Å². The van der Waals surface area contributed by atoms with Crippen molar-refractivity contribution in [2.24, 2.45) is 0 Å². The molecule has 0 saturated carbocycles. The Morgan fingerprint density at radius 2 is 2.07 bits per heavy atom. The number of fused-ring (bicyclic) bond motifs is 1. The van der Waals surface area contributed by atoms with Gasteiger partial charge >= 0.3 is 0 Å². The van der Waals surface area contributed by atoms with Crippen molar-refractivity contribution < 1.29 is 5.11 Å². The summed E-state index contributed by atoms with van der Waals surface area (Å²) < 4.78 is 0. The van der Waals surface area contributed by atoms with E-state index in [0.717, 1.165) is 21.5 Å². The second kappa shape index (κ2) is 3.88. The first-order valence-electron chi connectivity index (χ1n) is 4.32. The number of H-pyrrole nitrogens is 1. The van der Waals surface area contributed by atoms with Crippen molar-refractivity contribution in [2.75, 3.05) is 6.61 Å². The van der Waals surface area contributed by atoms with E-state index in [2.05, 4.69) is 30.2 Å². The summed E-state index contributed by atoms with van der Waals surface area (Å²) in [5.74, 6) is 0. The summed E-state index contributed by atoms with van der Waals surface area (Å²) >= 11 is 8.65. The summed E-state index contributed by atoms with van der Waals surface area (Å²) in [6.45, 7) is 0.0124. The lowest BCUT2D eigenvalue weighted by Crippen LogP contribution is -1.95. The molecule has 0 aliphatic heterocycles. The topological polar surface area (TPSA) is 36.0 Å². The third-order valence-electron chi connectivity index (χ3n) is 2.23. The number of aromatic amines is 1. The zero-order valence-electron chi connectivity index (χ0n) is 7.44. The standard InChI is InChI=1S/C10H11NOS2/c12-5-8(13)9-6-3-1-2-4-7(6)11-10(9)14/h1-4,8,11-14H,5H2. The molecule has 0 fully saturated rings. The van der Waals surface area contributed by atoms with Crippen LogP contribution in [0.4, 0.5) is 0 Å². The van der Waals surface area contributed by atoms with Crippen LogP contribution in [-0.4, -0.2) is 16.7 Å². The van der Waals surface area contributed by atoms with Crippen molar-refractivity contribution in [3.8, 4) is 0 Å². The molecule has 0 bridgehead atoms. The maximum atomic E-state index is 9.07. The molecule has 1 aromatic carbocycles. The number of aliphatic hydroxyl groups excluding tert-OH is 1. The van der Waals surface area contributed by atoms with Gasteiger partial charge in [0, 0.05) is 16.5 Å². The number of aromatic nitrogens is 1. The van der Waals surface area contributed by atoms with Crippen LogP contribution in [0.15, 0.2) is 29.3 Å². The normalized spacial score (nSPS) is 13.4. The Balaban J connectivity index is 2.67. The smallest absolute Gasteiger partial charge is 0.0746 e. The Kier molecular flexibility index (Phi) is 2.76. The van der Waals surface area contributed by atoms with Gasteiger partial charge in [0.2, 0.25) is 0 Å². The lowest BCUT2D eigenvalue weighted by molar-refractivity contribution is 0.296. The maximum absolute atomic E-state index is 9.07. The van der Waals surface area contributed by atoms with Gasteiger partial charge in [0.05, 0.1) is 16.9 Å². The number of nitrogens with one attached hydrogen (secondary N) is 1. The highest BCUT2D eigenvalue weighted by molar-refractivity contribution is 7.81. The molecule has 1 unspecified atom stereocenters. The molecule has 0 spiro atoms. The largest absolute Gasteiger partial charge is 0.395 e. The van der Waals surface area contributed by atoms with Gasteiger partial charge in [-0.15, -0.1) is 12.6 Å². The van der Waals surface area contributed by atoms with Gasteiger partial charge in [0.25, 0.3) is 0 Å². The third kappa shape index (κ3) is 1.54. The Morgan fingerprint density at radius 3 is 2.79 bits per heavy atom. The predicted octanol–water partition coefficient (Wildman–Crippen LogP) is 2.42. The summed E-state index contributed by atoms with van der Waals surface area (Å²) in [6, 6.07) is 7.91. The van der Waals surface area contributed by atoms with Gasteiger partial charge in [-0.2, -0.15) is 12.6 Å². The molecule has 1 heterocycles. The highest BCUT2D eigenvalue weighted by Gasteiger charge is 2.14. The molecule has 0 amide bonds. The van der Waals surface area contributed by atoms with Crippen molar-refractivity contribution in [3.05, 3.63) is 29.8 Å². The van der Waals surface area contributed by atoms with Crippen molar-refractivity contribution in [1.29, 1.82) is 0 Å². The lowest BCUT2D eigenvalue weighted by atomic mass is 10.1. The van der Waals surface area contributed by atoms with Gasteiger partial charge in [-0.1, -0.05) is 18.2 Å². The number of rotatable bonds is 2. The number of hydrogen-bond acceptors (Lipinski definition) is 3. The number of thiol groups is 2. The third-order valence-corrected chi connectivity index (χ3v) is 3.01. The van der Waals surface area contributed by atoms with E-state index in [4.69, 9.17) is 5.11 Å². The van der Waals surface area contributed by atoms with E-state index in [-0.39, 0.29) is 11.9 Å². The zero-order valence-corrected chi connectivity index (χ0v) is 9.22. The fourth-order valence-corrected chi connectivity index (χ4v) is 2.34. The molecule has 1 aromatic heterocycles. The molecule has 0 aliphatic rings. The first-order valence-corrected chi connectivity index (χ1v) is 5.29. The molecule has 0 radical (unpaired) electrons. The van der Waals surface area contributed by atoms with E-state index < -0.39 is 0 Å². The molecule has 2 N–H and O–H groups in total. The van der Waals surface area contributed by atoms with E-state index in [0.29, 0.717) is 0 Å². The van der Waals surface area contributed by atoms with Crippen LogP contribution in [0.3, 0.4) is 0 Å². The highest BCUT2D eigenvalue weighted by Crippen LogP contribution is 2.32. The molecule has 1 atom stereocenters. The van der Waals surface area contributed by atoms with Crippen molar-refractivity contribution in [1.82, 2.24) is 4.98 Å². The van der Waals surface area contributed by atoms with Crippen LogP contribution in [0.25, 0.3) is 10.9 Å². The molecule has 2 rings (SSSR count). The quantitative estimate of drug-likeness (QED) is 0.582. The van der Waals surface area contributed by atoms with E-state index in [9.17, 15) is 0 Å². The minimum Gasteiger partial charge on any atom is -0.395 e. The predicted molar refractivity (Wildman–Crippen MR) is 64.4 cm³/mol. The van der Waals surface area contributed by atoms with Crippen LogP contribution in [0.1, 0.15) is 10.8 Å². The number of para-hydroxylation sites is 1. The fourth-order valence-electron chi connectivity index (χ4n) is 1.58. The van der Waals surface area contributed by atoms with E-state index in [1.165, 1.54) is 0 Å². The van der Waals surface area contributed by atoms with E-state index in [1.54, 1.807) is 0 Å². The van der Waals surface area contributed by atoms with Gasteiger partial charge in [-0.25, -0.2) is 0 Å². The first kappa shape index (κ1) is 9.96. The molecule has 4 heteroatoms. The second-order valence-corrected chi connectivity index (χ2v) is 4.20. The first-order chi connectivity index (χ1) is 6.74. The van der Waals surface area contributed by atoms with Gasteiger partial charge in [0.15, 0.2) is 0 Å². The molecular weight excluding hydrogens is 214 g/mol. The zero-order chi connectivity index (χ0) is 10.1. The average Bonchev–Trinajstić information content (AvgIpc) is 2.53.